The second-order valence-electron chi connectivity index (χ2n) is 6.72. The van der Waals surface area contributed by atoms with Crippen molar-refractivity contribution in [3.63, 3.8) is 0 Å². The van der Waals surface area contributed by atoms with E-state index in [9.17, 15) is 9.59 Å². The Hall–Kier alpha value is -1.40. The Labute approximate surface area is 129 Å². The Kier molecular flexibility index (Phi) is 3.99. The van der Waals surface area contributed by atoms with E-state index >= 15 is 0 Å². The molecule has 0 bridgehead atoms. The Bertz CT molecular complexity index is 659. The molecule has 1 aromatic rings. The first kappa shape index (κ1) is 15.5. The molecule has 3 unspecified atom stereocenters. The van der Waals surface area contributed by atoms with Crippen molar-refractivity contribution in [2.75, 3.05) is 13.2 Å². The van der Waals surface area contributed by atoms with E-state index in [4.69, 9.17) is 9.47 Å². The molecule has 1 aromatic heterocycles. The Balaban J connectivity index is 1.48. The van der Waals surface area contributed by atoms with Crippen LogP contribution in [-0.2, 0) is 9.47 Å². The molecule has 0 aliphatic heterocycles. The Morgan fingerprint density at radius 2 is 2.09 bits per heavy atom. The van der Waals surface area contributed by atoms with Crippen molar-refractivity contribution < 1.29 is 9.47 Å². The first-order valence-corrected chi connectivity index (χ1v) is 7.98. The molecule has 0 aromatic carbocycles. The van der Waals surface area contributed by atoms with Gasteiger partial charge in [0.1, 0.15) is 0 Å². The standard InChI is InChI=1S/C16H24N2O4/c1-10-9-18(15(20)17-14(10)19)11(2)12(3)21-6-7-22-13-8-16(13)4-5-16/h9,11-13H,4-8H2,1-3H3,(H,17,19,20). The lowest BCUT2D eigenvalue weighted by atomic mass is 10.2. The number of nitrogens with one attached hydrogen (secondary N) is 1. The van der Waals surface area contributed by atoms with Crippen LogP contribution in [0.1, 0.15) is 44.7 Å². The van der Waals surface area contributed by atoms with Gasteiger partial charge in [-0.3, -0.25) is 14.3 Å². The molecule has 122 valence electrons. The third kappa shape index (κ3) is 3.03. The van der Waals surface area contributed by atoms with Crippen LogP contribution in [0.2, 0.25) is 0 Å². The number of ether oxygens (including phenoxy) is 2. The van der Waals surface area contributed by atoms with E-state index in [-0.39, 0.29) is 17.7 Å². The second kappa shape index (κ2) is 5.66. The van der Waals surface area contributed by atoms with E-state index in [0.29, 0.717) is 30.3 Å². The molecule has 3 atom stereocenters. The van der Waals surface area contributed by atoms with Crippen LogP contribution in [0.4, 0.5) is 0 Å². The Morgan fingerprint density at radius 3 is 2.73 bits per heavy atom. The molecule has 2 aliphatic carbocycles. The lowest BCUT2D eigenvalue weighted by Gasteiger charge is -2.22. The maximum absolute atomic E-state index is 11.9. The summed E-state index contributed by atoms with van der Waals surface area (Å²) in [4.78, 5) is 25.6. The van der Waals surface area contributed by atoms with E-state index < -0.39 is 5.69 Å². The van der Waals surface area contributed by atoms with Gasteiger partial charge in [0.25, 0.3) is 5.56 Å². The molecule has 22 heavy (non-hydrogen) atoms. The molecule has 2 aliphatic rings. The van der Waals surface area contributed by atoms with Crippen LogP contribution < -0.4 is 11.2 Å². The van der Waals surface area contributed by atoms with Crippen molar-refractivity contribution in [1.82, 2.24) is 9.55 Å². The number of hydrogen-bond acceptors (Lipinski definition) is 4. The van der Waals surface area contributed by atoms with Crippen LogP contribution in [0.3, 0.4) is 0 Å². The summed E-state index contributed by atoms with van der Waals surface area (Å²) in [5.74, 6) is 0. The molecular weight excluding hydrogens is 284 g/mol. The number of aromatic nitrogens is 2. The summed E-state index contributed by atoms with van der Waals surface area (Å²) < 4.78 is 13.1. The minimum atomic E-state index is -0.400. The second-order valence-corrected chi connectivity index (χ2v) is 6.72. The highest BCUT2D eigenvalue weighted by atomic mass is 16.5. The van der Waals surface area contributed by atoms with Gasteiger partial charge in [0, 0.05) is 11.8 Å². The number of aryl methyl sites for hydroxylation is 1. The zero-order valence-electron chi connectivity index (χ0n) is 13.4. The highest BCUT2D eigenvalue weighted by molar-refractivity contribution is 5.14. The quantitative estimate of drug-likeness (QED) is 0.772. The van der Waals surface area contributed by atoms with Gasteiger partial charge in [0.15, 0.2) is 0 Å². The molecule has 1 spiro atoms. The lowest BCUT2D eigenvalue weighted by molar-refractivity contribution is -0.0141. The van der Waals surface area contributed by atoms with Gasteiger partial charge in [0.2, 0.25) is 0 Å². The predicted molar refractivity (Wildman–Crippen MR) is 82.2 cm³/mol. The van der Waals surface area contributed by atoms with Gasteiger partial charge in [-0.2, -0.15) is 0 Å². The van der Waals surface area contributed by atoms with Crippen LogP contribution in [-0.4, -0.2) is 35.0 Å². The lowest BCUT2D eigenvalue weighted by Crippen LogP contribution is -2.36. The SMILES string of the molecule is Cc1cn(C(C)C(C)OCCOC2CC23CC3)c(=O)[nH]c1=O. The third-order valence-electron chi connectivity index (χ3n) is 5.05. The van der Waals surface area contributed by atoms with Crippen LogP contribution in [0.5, 0.6) is 0 Å². The zero-order valence-corrected chi connectivity index (χ0v) is 13.4. The maximum Gasteiger partial charge on any atom is 0.328 e. The van der Waals surface area contributed by atoms with E-state index in [2.05, 4.69) is 4.98 Å². The summed E-state index contributed by atoms with van der Waals surface area (Å²) in [5, 5.41) is 0. The maximum atomic E-state index is 11.9. The summed E-state index contributed by atoms with van der Waals surface area (Å²) in [5.41, 5.74) is 0.336. The molecule has 2 saturated carbocycles. The van der Waals surface area contributed by atoms with Crippen molar-refractivity contribution in [2.24, 2.45) is 5.41 Å². The van der Waals surface area contributed by atoms with Gasteiger partial charge < -0.3 is 9.47 Å². The predicted octanol–water partition coefficient (Wildman–Crippen LogP) is 1.38. The summed E-state index contributed by atoms with van der Waals surface area (Å²) in [6.07, 6.45) is 5.75. The van der Waals surface area contributed by atoms with Crippen LogP contribution in [0, 0.1) is 12.3 Å². The average molecular weight is 308 g/mol. The minimum Gasteiger partial charge on any atom is -0.375 e. The molecule has 0 saturated heterocycles. The van der Waals surface area contributed by atoms with E-state index in [1.807, 2.05) is 13.8 Å². The smallest absolute Gasteiger partial charge is 0.328 e. The van der Waals surface area contributed by atoms with E-state index in [0.717, 1.165) is 0 Å². The normalized spacial score (nSPS) is 24.2. The minimum absolute atomic E-state index is 0.138. The molecule has 0 amide bonds. The monoisotopic (exact) mass is 308 g/mol. The number of H-pyrrole nitrogens is 1. The molecule has 3 rings (SSSR count). The largest absolute Gasteiger partial charge is 0.375 e. The first-order chi connectivity index (χ1) is 10.4. The highest BCUT2D eigenvalue weighted by Gasteiger charge is 2.63. The number of aromatic amines is 1. The fourth-order valence-corrected chi connectivity index (χ4v) is 2.91. The third-order valence-corrected chi connectivity index (χ3v) is 5.05. The van der Waals surface area contributed by atoms with Crippen molar-refractivity contribution in [1.29, 1.82) is 0 Å². The van der Waals surface area contributed by atoms with Crippen molar-refractivity contribution in [2.45, 2.75) is 58.3 Å². The summed E-state index contributed by atoms with van der Waals surface area (Å²) in [7, 11) is 0. The summed E-state index contributed by atoms with van der Waals surface area (Å²) >= 11 is 0. The van der Waals surface area contributed by atoms with Gasteiger partial charge in [-0.05, 0) is 45.4 Å². The van der Waals surface area contributed by atoms with E-state index in [1.54, 1.807) is 13.1 Å². The molecular formula is C16H24N2O4. The molecule has 6 nitrogen and oxygen atoms in total. The van der Waals surface area contributed by atoms with Crippen LogP contribution in [0.25, 0.3) is 0 Å². The fraction of sp³-hybridized carbons (Fsp3) is 0.750. The highest BCUT2D eigenvalue weighted by Crippen LogP contribution is 2.67. The number of hydrogen-bond donors (Lipinski definition) is 1. The summed E-state index contributed by atoms with van der Waals surface area (Å²) in [6, 6.07) is -0.154. The van der Waals surface area contributed by atoms with Crippen molar-refractivity contribution >= 4 is 0 Å². The molecule has 2 fully saturated rings. The number of nitrogens with zero attached hydrogens (tertiary/aromatic N) is 1. The summed E-state index contributed by atoms with van der Waals surface area (Å²) in [6.45, 7) is 6.64. The van der Waals surface area contributed by atoms with Crippen molar-refractivity contribution in [3.8, 4) is 0 Å². The average Bonchev–Trinajstić information content (AvgIpc) is 3.39. The molecule has 6 heteroatoms. The van der Waals surface area contributed by atoms with Gasteiger partial charge >= 0.3 is 5.69 Å². The zero-order chi connectivity index (χ0) is 15.9. The van der Waals surface area contributed by atoms with Gasteiger partial charge in [-0.1, -0.05) is 0 Å². The molecule has 1 N–H and O–H groups in total. The van der Waals surface area contributed by atoms with E-state index in [1.165, 1.54) is 23.8 Å². The van der Waals surface area contributed by atoms with Gasteiger partial charge in [0.05, 0.1) is 31.5 Å². The Morgan fingerprint density at radius 1 is 1.36 bits per heavy atom. The molecule has 0 radical (unpaired) electrons. The van der Waals surface area contributed by atoms with Gasteiger partial charge in [-0.15, -0.1) is 0 Å². The number of rotatable bonds is 7. The van der Waals surface area contributed by atoms with Crippen LogP contribution in [0.15, 0.2) is 15.8 Å². The van der Waals surface area contributed by atoms with Crippen molar-refractivity contribution in [3.05, 3.63) is 32.6 Å². The fourth-order valence-electron chi connectivity index (χ4n) is 2.91. The van der Waals surface area contributed by atoms with Crippen LogP contribution >= 0.6 is 0 Å². The van der Waals surface area contributed by atoms with Gasteiger partial charge in [-0.25, -0.2) is 4.79 Å². The topological polar surface area (TPSA) is 73.3 Å². The molecule has 1 heterocycles. The first-order valence-electron chi connectivity index (χ1n) is 7.98.